The Bertz CT molecular complexity index is 190. The molecule has 0 radical (unpaired) electrons. The van der Waals surface area contributed by atoms with Gasteiger partial charge in [-0.2, -0.15) is 0 Å². The third-order valence-corrected chi connectivity index (χ3v) is 2.51. The van der Waals surface area contributed by atoms with Crippen LogP contribution in [0.3, 0.4) is 0 Å². The van der Waals surface area contributed by atoms with Gasteiger partial charge in [0.2, 0.25) is 0 Å². The van der Waals surface area contributed by atoms with Crippen molar-refractivity contribution in [3.63, 3.8) is 0 Å². The Morgan fingerprint density at radius 2 is 2.19 bits per heavy atom. The van der Waals surface area contributed by atoms with Crippen LogP contribution < -0.4 is 5.73 Å². The van der Waals surface area contributed by atoms with Gasteiger partial charge in [0.05, 0.1) is 6.61 Å². The van der Waals surface area contributed by atoms with E-state index in [4.69, 9.17) is 15.6 Å². The van der Waals surface area contributed by atoms with Crippen molar-refractivity contribution in [2.24, 2.45) is 17.6 Å². The predicted molar refractivity (Wildman–Crippen MR) is 60.0 cm³/mol. The fraction of sp³-hybridized carbons (Fsp3) is 0.909. The van der Waals surface area contributed by atoms with Crippen molar-refractivity contribution < 1.29 is 19.0 Å². The molecule has 0 aliphatic rings. The van der Waals surface area contributed by atoms with Crippen LogP contribution in [-0.2, 0) is 9.53 Å². The smallest absolute Gasteiger partial charge is 0.303 e. The number of nitrogens with two attached hydrogens (primary N) is 1. The number of alkyl halides is 1. The number of hydrogen-bond donors (Lipinski definition) is 2. The molecule has 4 nitrogen and oxygen atoms in total. The third-order valence-electron chi connectivity index (χ3n) is 2.51. The van der Waals surface area contributed by atoms with Crippen LogP contribution >= 0.6 is 0 Å². The van der Waals surface area contributed by atoms with Crippen molar-refractivity contribution in [3.8, 4) is 0 Å². The minimum Gasteiger partial charge on any atom is -0.481 e. The zero-order valence-electron chi connectivity index (χ0n) is 9.82. The first-order valence-corrected chi connectivity index (χ1v) is 5.65. The highest BCUT2D eigenvalue weighted by Gasteiger charge is 2.15. The van der Waals surface area contributed by atoms with Gasteiger partial charge in [-0.15, -0.1) is 0 Å². The maximum absolute atomic E-state index is 11.7. The van der Waals surface area contributed by atoms with E-state index in [1.54, 1.807) is 0 Å². The number of aliphatic carboxylic acids is 1. The topological polar surface area (TPSA) is 72.5 Å². The van der Waals surface area contributed by atoms with Gasteiger partial charge in [0, 0.05) is 13.0 Å². The first-order chi connectivity index (χ1) is 7.60. The lowest BCUT2D eigenvalue weighted by atomic mass is 9.91. The SMILES string of the molecule is CC(CCOCCF)CC(CN)CC(=O)O. The van der Waals surface area contributed by atoms with E-state index < -0.39 is 12.6 Å². The van der Waals surface area contributed by atoms with E-state index >= 15 is 0 Å². The highest BCUT2D eigenvalue weighted by atomic mass is 19.1. The molecule has 0 heterocycles. The molecule has 16 heavy (non-hydrogen) atoms. The highest BCUT2D eigenvalue weighted by molar-refractivity contribution is 5.67. The Balaban J connectivity index is 3.65. The number of rotatable bonds is 10. The fourth-order valence-corrected chi connectivity index (χ4v) is 1.64. The molecule has 5 heteroatoms. The summed E-state index contributed by atoms with van der Waals surface area (Å²) < 4.78 is 16.7. The molecular weight excluding hydrogens is 213 g/mol. The van der Waals surface area contributed by atoms with Crippen LogP contribution in [0.5, 0.6) is 0 Å². The van der Waals surface area contributed by atoms with Gasteiger partial charge in [-0.3, -0.25) is 4.79 Å². The zero-order valence-corrected chi connectivity index (χ0v) is 9.82. The molecule has 0 saturated carbocycles. The average molecular weight is 235 g/mol. The predicted octanol–water partition coefficient (Wildman–Crippen LogP) is 1.44. The molecule has 0 aliphatic heterocycles. The van der Waals surface area contributed by atoms with Gasteiger partial charge in [-0.1, -0.05) is 6.92 Å². The monoisotopic (exact) mass is 235 g/mol. The van der Waals surface area contributed by atoms with E-state index in [1.807, 2.05) is 6.92 Å². The summed E-state index contributed by atoms with van der Waals surface area (Å²) in [5, 5.41) is 8.65. The van der Waals surface area contributed by atoms with Crippen LogP contribution in [-0.4, -0.2) is 37.5 Å². The fourth-order valence-electron chi connectivity index (χ4n) is 1.64. The summed E-state index contributed by atoms with van der Waals surface area (Å²) >= 11 is 0. The number of halogens is 1. The summed E-state index contributed by atoms with van der Waals surface area (Å²) in [5.74, 6) is -0.433. The first-order valence-electron chi connectivity index (χ1n) is 5.65. The summed E-state index contributed by atoms with van der Waals surface area (Å²) in [5.41, 5.74) is 5.50. The Hall–Kier alpha value is -0.680. The van der Waals surface area contributed by atoms with Crippen LogP contribution in [0.2, 0.25) is 0 Å². The lowest BCUT2D eigenvalue weighted by Gasteiger charge is -2.17. The largest absolute Gasteiger partial charge is 0.481 e. The maximum atomic E-state index is 11.7. The molecule has 0 aromatic heterocycles. The number of hydrogen-bond acceptors (Lipinski definition) is 3. The highest BCUT2D eigenvalue weighted by Crippen LogP contribution is 2.17. The van der Waals surface area contributed by atoms with E-state index in [9.17, 15) is 9.18 Å². The normalized spacial score (nSPS) is 14.7. The van der Waals surface area contributed by atoms with Crippen molar-refractivity contribution in [3.05, 3.63) is 0 Å². The molecule has 2 unspecified atom stereocenters. The zero-order chi connectivity index (χ0) is 12.4. The van der Waals surface area contributed by atoms with E-state index in [2.05, 4.69) is 0 Å². The lowest BCUT2D eigenvalue weighted by molar-refractivity contribution is -0.138. The molecule has 0 spiro atoms. The molecule has 0 amide bonds. The Labute approximate surface area is 96.0 Å². The van der Waals surface area contributed by atoms with E-state index in [-0.39, 0.29) is 18.9 Å². The van der Waals surface area contributed by atoms with Gasteiger partial charge in [-0.05, 0) is 31.2 Å². The Morgan fingerprint density at radius 3 is 2.69 bits per heavy atom. The Morgan fingerprint density at radius 1 is 1.50 bits per heavy atom. The van der Waals surface area contributed by atoms with Crippen molar-refractivity contribution in [1.82, 2.24) is 0 Å². The summed E-state index contributed by atoms with van der Waals surface area (Å²) in [6.45, 7) is 2.63. The summed E-state index contributed by atoms with van der Waals surface area (Å²) in [7, 11) is 0. The van der Waals surface area contributed by atoms with E-state index in [0.29, 0.717) is 19.1 Å². The average Bonchev–Trinajstić information content (AvgIpc) is 2.23. The summed E-state index contributed by atoms with van der Waals surface area (Å²) in [6.07, 6.45) is 1.71. The van der Waals surface area contributed by atoms with Gasteiger partial charge < -0.3 is 15.6 Å². The second-order valence-corrected chi connectivity index (χ2v) is 4.13. The van der Waals surface area contributed by atoms with Gasteiger partial charge >= 0.3 is 5.97 Å². The van der Waals surface area contributed by atoms with Crippen LogP contribution in [0, 0.1) is 11.8 Å². The van der Waals surface area contributed by atoms with Crippen LogP contribution in [0.1, 0.15) is 26.2 Å². The van der Waals surface area contributed by atoms with Gasteiger partial charge in [0.15, 0.2) is 0 Å². The standard InChI is InChI=1S/C11H22FNO3/c1-9(2-4-16-5-3-12)6-10(8-13)7-11(14)15/h9-10H,2-8,13H2,1H3,(H,14,15). The Kier molecular flexibility index (Phi) is 9.13. The van der Waals surface area contributed by atoms with Crippen LogP contribution in [0.15, 0.2) is 0 Å². The maximum Gasteiger partial charge on any atom is 0.303 e. The number of carboxylic acid groups (broad SMARTS) is 1. The molecule has 96 valence electrons. The molecule has 3 N–H and O–H groups in total. The molecule has 2 atom stereocenters. The summed E-state index contributed by atoms with van der Waals surface area (Å²) in [4.78, 5) is 10.5. The molecular formula is C11H22FNO3. The minimum absolute atomic E-state index is 0.0219. The number of ether oxygens (including phenoxy) is 1. The van der Waals surface area contributed by atoms with E-state index in [0.717, 1.165) is 12.8 Å². The lowest BCUT2D eigenvalue weighted by Crippen LogP contribution is -2.21. The van der Waals surface area contributed by atoms with Crippen LogP contribution in [0.25, 0.3) is 0 Å². The van der Waals surface area contributed by atoms with Crippen LogP contribution in [0.4, 0.5) is 4.39 Å². The van der Waals surface area contributed by atoms with E-state index in [1.165, 1.54) is 0 Å². The quantitative estimate of drug-likeness (QED) is 0.562. The molecule has 0 aromatic carbocycles. The number of carbonyl (C=O) groups is 1. The second-order valence-electron chi connectivity index (χ2n) is 4.13. The van der Waals surface area contributed by atoms with Gasteiger partial charge in [0.1, 0.15) is 6.67 Å². The molecule has 0 rings (SSSR count). The first kappa shape index (κ1) is 15.3. The summed E-state index contributed by atoms with van der Waals surface area (Å²) in [6, 6.07) is 0. The van der Waals surface area contributed by atoms with Crippen molar-refractivity contribution >= 4 is 5.97 Å². The molecule has 0 aromatic rings. The molecule has 0 bridgehead atoms. The van der Waals surface area contributed by atoms with Gasteiger partial charge in [-0.25, -0.2) is 4.39 Å². The molecule has 0 fully saturated rings. The second kappa shape index (κ2) is 9.54. The molecule has 0 aliphatic carbocycles. The van der Waals surface area contributed by atoms with Crippen molar-refractivity contribution in [2.45, 2.75) is 26.2 Å². The van der Waals surface area contributed by atoms with Gasteiger partial charge in [0.25, 0.3) is 0 Å². The minimum atomic E-state index is -0.809. The molecule has 0 saturated heterocycles. The third kappa shape index (κ3) is 8.61. The van der Waals surface area contributed by atoms with Crippen molar-refractivity contribution in [2.75, 3.05) is 26.4 Å². The number of carboxylic acids is 1. The van der Waals surface area contributed by atoms with Crippen molar-refractivity contribution in [1.29, 1.82) is 0 Å².